The molecule has 4 rings (SSSR count). The van der Waals surface area contributed by atoms with Crippen molar-refractivity contribution in [2.24, 2.45) is 0 Å². The Bertz CT molecular complexity index is 1040. The van der Waals surface area contributed by atoms with Crippen LogP contribution >= 0.6 is 11.3 Å². The quantitative estimate of drug-likeness (QED) is 0.591. The number of thiophene rings is 1. The van der Waals surface area contributed by atoms with E-state index in [4.69, 9.17) is 4.52 Å². The Morgan fingerprint density at radius 2 is 1.91 bits per heavy atom. The van der Waals surface area contributed by atoms with Crippen molar-refractivity contribution in [1.29, 1.82) is 0 Å². The van der Waals surface area contributed by atoms with Gasteiger partial charge in [0.15, 0.2) is 0 Å². The molecule has 2 amide bonds. The molecular formula is C23H27N5O3S. The molecule has 0 saturated carbocycles. The van der Waals surface area contributed by atoms with Crippen molar-refractivity contribution < 1.29 is 14.1 Å². The monoisotopic (exact) mass is 453 g/mol. The maximum Gasteiger partial charge on any atom is 0.261 e. The van der Waals surface area contributed by atoms with Gasteiger partial charge in [0.2, 0.25) is 17.6 Å². The van der Waals surface area contributed by atoms with Crippen molar-refractivity contribution in [2.75, 3.05) is 32.7 Å². The topological polar surface area (TPSA) is 91.6 Å². The van der Waals surface area contributed by atoms with Gasteiger partial charge in [-0.15, -0.1) is 11.3 Å². The van der Waals surface area contributed by atoms with Crippen molar-refractivity contribution in [3.05, 3.63) is 58.1 Å². The first-order valence-electron chi connectivity index (χ1n) is 10.8. The molecule has 0 aliphatic carbocycles. The lowest BCUT2D eigenvalue weighted by molar-refractivity contribution is -0.133. The van der Waals surface area contributed by atoms with Crippen LogP contribution in [-0.2, 0) is 4.79 Å². The number of rotatable bonds is 7. The van der Waals surface area contributed by atoms with Gasteiger partial charge in [0.1, 0.15) is 0 Å². The molecule has 3 aromatic rings. The first-order chi connectivity index (χ1) is 15.5. The summed E-state index contributed by atoms with van der Waals surface area (Å²) in [5.41, 5.74) is 2.11. The van der Waals surface area contributed by atoms with Crippen LogP contribution in [0.15, 0.2) is 46.3 Å². The summed E-state index contributed by atoms with van der Waals surface area (Å²) in [6, 6.07) is 11.6. The molecule has 8 nitrogen and oxygen atoms in total. The number of hydrogen-bond acceptors (Lipinski definition) is 7. The first-order valence-corrected chi connectivity index (χ1v) is 11.6. The Hall–Kier alpha value is -3.04. The van der Waals surface area contributed by atoms with Gasteiger partial charge in [0, 0.05) is 44.7 Å². The van der Waals surface area contributed by atoms with Gasteiger partial charge in [-0.25, -0.2) is 0 Å². The third-order valence-corrected chi connectivity index (χ3v) is 6.56. The molecule has 1 aromatic carbocycles. The van der Waals surface area contributed by atoms with Gasteiger partial charge in [-0.2, -0.15) is 4.98 Å². The Morgan fingerprint density at radius 1 is 1.16 bits per heavy atom. The van der Waals surface area contributed by atoms with Crippen molar-refractivity contribution in [2.45, 2.75) is 26.3 Å². The van der Waals surface area contributed by atoms with E-state index < -0.39 is 0 Å². The average molecular weight is 454 g/mol. The third-order valence-electron chi connectivity index (χ3n) is 5.69. The molecule has 32 heavy (non-hydrogen) atoms. The number of benzene rings is 1. The number of amides is 2. The lowest BCUT2D eigenvalue weighted by Crippen LogP contribution is -2.49. The Balaban J connectivity index is 1.24. The van der Waals surface area contributed by atoms with Gasteiger partial charge in [0.25, 0.3) is 5.91 Å². The van der Waals surface area contributed by atoms with Gasteiger partial charge >= 0.3 is 0 Å². The van der Waals surface area contributed by atoms with E-state index in [1.54, 1.807) is 6.07 Å². The minimum atomic E-state index is -0.129. The number of hydrogen-bond donors (Lipinski definition) is 1. The zero-order valence-electron chi connectivity index (χ0n) is 18.3. The van der Waals surface area contributed by atoms with E-state index in [-0.39, 0.29) is 17.9 Å². The van der Waals surface area contributed by atoms with Crippen LogP contribution in [0.5, 0.6) is 0 Å². The van der Waals surface area contributed by atoms with Crippen LogP contribution in [0.1, 0.15) is 40.5 Å². The van der Waals surface area contributed by atoms with E-state index in [0.717, 1.165) is 18.7 Å². The molecule has 1 N–H and O–H groups in total. The summed E-state index contributed by atoms with van der Waals surface area (Å²) in [4.78, 5) is 33.8. The predicted octanol–water partition coefficient (Wildman–Crippen LogP) is 3.13. The number of carbonyl (C=O) groups is 2. The number of piperazine rings is 1. The molecule has 0 bridgehead atoms. The fraction of sp³-hybridized carbons (Fsp3) is 0.391. The molecule has 0 radical (unpaired) electrons. The molecule has 1 saturated heterocycles. The van der Waals surface area contributed by atoms with Crippen LogP contribution in [0.25, 0.3) is 11.4 Å². The van der Waals surface area contributed by atoms with E-state index in [1.165, 1.54) is 16.9 Å². The summed E-state index contributed by atoms with van der Waals surface area (Å²) in [5, 5.41) is 8.80. The Morgan fingerprint density at radius 3 is 2.59 bits per heavy atom. The molecule has 2 aromatic heterocycles. The number of aromatic nitrogens is 2. The van der Waals surface area contributed by atoms with E-state index in [1.807, 2.05) is 54.5 Å². The van der Waals surface area contributed by atoms with Crippen LogP contribution in [0, 0.1) is 6.92 Å². The fourth-order valence-electron chi connectivity index (χ4n) is 3.68. The molecule has 3 heterocycles. The summed E-state index contributed by atoms with van der Waals surface area (Å²) >= 11 is 1.39. The van der Waals surface area contributed by atoms with Gasteiger partial charge in [-0.1, -0.05) is 41.1 Å². The number of nitrogens with zero attached hydrogens (tertiary/aromatic N) is 4. The van der Waals surface area contributed by atoms with Gasteiger partial charge in [-0.05, 0) is 25.3 Å². The minimum absolute atomic E-state index is 0.0240. The number of carbonyl (C=O) groups excluding carboxylic acids is 2. The molecule has 9 heteroatoms. The fourth-order valence-corrected chi connectivity index (χ4v) is 4.32. The molecule has 1 atom stereocenters. The largest absolute Gasteiger partial charge is 0.351 e. The summed E-state index contributed by atoms with van der Waals surface area (Å²) in [6.45, 7) is 7.18. The standard InChI is InChI=1S/C23H27N5O3S/c1-16-5-7-18(8-6-16)21-25-23(31-26-21)17(2)27-11-13-28(14-12-27)20(29)9-10-24-22(30)19-4-3-15-32-19/h3-8,15,17H,9-14H2,1-2H3,(H,24,30). The van der Waals surface area contributed by atoms with E-state index in [9.17, 15) is 9.59 Å². The first kappa shape index (κ1) is 22.2. The Kier molecular flexibility index (Phi) is 6.96. The molecule has 1 aliphatic heterocycles. The van der Waals surface area contributed by atoms with E-state index >= 15 is 0 Å². The van der Waals surface area contributed by atoms with Gasteiger partial charge in [-0.3, -0.25) is 14.5 Å². The second kappa shape index (κ2) is 10.1. The number of nitrogens with one attached hydrogen (secondary N) is 1. The van der Waals surface area contributed by atoms with Crippen LogP contribution in [0.4, 0.5) is 0 Å². The third kappa shape index (κ3) is 5.23. The summed E-state index contributed by atoms with van der Waals surface area (Å²) in [6.07, 6.45) is 0.302. The zero-order valence-corrected chi connectivity index (χ0v) is 19.1. The highest BCUT2D eigenvalue weighted by atomic mass is 32.1. The average Bonchev–Trinajstić information content (AvgIpc) is 3.52. The highest BCUT2D eigenvalue weighted by molar-refractivity contribution is 7.12. The smallest absolute Gasteiger partial charge is 0.261 e. The van der Waals surface area contributed by atoms with Crippen molar-refractivity contribution in [3.8, 4) is 11.4 Å². The van der Waals surface area contributed by atoms with Crippen molar-refractivity contribution in [3.63, 3.8) is 0 Å². The normalized spacial score (nSPS) is 15.5. The van der Waals surface area contributed by atoms with Crippen LogP contribution in [-0.4, -0.2) is 64.5 Å². The molecular weight excluding hydrogens is 426 g/mol. The molecule has 1 aliphatic rings. The van der Waals surface area contributed by atoms with Crippen molar-refractivity contribution in [1.82, 2.24) is 25.3 Å². The van der Waals surface area contributed by atoms with Crippen molar-refractivity contribution >= 4 is 23.2 Å². The molecule has 168 valence electrons. The van der Waals surface area contributed by atoms with Crippen LogP contribution in [0.3, 0.4) is 0 Å². The van der Waals surface area contributed by atoms with E-state index in [0.29, 0.717) is 42.6 Å². The maximum atomic E-state index is 12.5. The Labute approximate surface area is 191 Å². The summed E-state index contributed by atoms with van der Waals surface area (Å²) in [7, 11) is 0. The summed E-state index contributed by atoms with van der Waals surface area (Å²) in [5.74, 6) is 1.10. The van der Waals surface area contributed by atoms with E-state index in [2.05, 4.69) is 20.4 Å². The highest BCUT2D eigenvalue weighted by Crippen LogP contribution is 2.24. The highest BCUT2D eigenvalue weighted by Gasteiger charge is 2.27. The number of aryl methyl sites for hydroxylation is 1. The molecule has 1 fully saturated rings. The van der Waals surface area contributed by atoms with Crippen LogP contribution in [0.2, 0.25) is 0 Å². The zero-order chi connectivity index (χ0) is 22.5. The van der Waals surface area contributed by atoms with Crippen LogP contribution < -0.4 is 5.32 Å². The molecule has 1 unspecified atom stereocenters. The SMILES string of the molecule is Cc1ccc(-c2noc(C(C)N3CCN(C(=O)CCNC(=O)c4cccs4)CC3)n2)cc1. The minimum Gasteiger partial charge on any atom is -0.351 e. The molecule has 0 spiro atoms. The maximum absolute atomic E-state index is 12.5. The lowest BCUT2D eigenvalue weighted by Gasteiger charge is -2.36. The second-order valence-corrected chi connectivity index (χ2v) is 8.85. The lowest BCUT2D eigenvalue weighted by atomic mass is 10.1. The summed E-state index contributed by atoms with van der Waals surface area (Å²) < 4.78 is 5.52. The second-order valence-electron chi connectivity index (χ2n) is 7.90. The van der Waals surface area contributed by atoms with Gasteiger partial charge < -0.3 is 14.7 Å². The predicted molar refractivity (Wildman–Crippen MR) is 122 cm³/mol. The van der Waals surface area contributed by atoms with Gasteiger partial charge in [0.05, 0.1) is 10.9 Å².